The molecule has 2 rings (SSSR count). The number of carbonyl (C=O) groups is 1. The number of ether oxygens (including phenoxy) is 2. The van der Waals surface area contributed by atoms with Gasteiger partial charge in [-0.05, 0) is 50.4 Å². The van der Waals surface area contributed by atoms with Crippen molar-refractivity contribution in [2.24, 2.45) is 5.92 Å². The van der Waals surface area contributed by atoms with Crippen molar-refractivity contribution in [3.8, 4) is 5.75 Å². The molecule has 128 valence electrons. The van der Waals surface area contributed by atoms with E-state index in [1.165, 1.54) is 7.11 Å². The fraction of sp³-hybridized carbons (Fsp3) is 0.588. The third-order valence-corrected chi connectivity index (χ3v) is 4.73. The molecule has 0 aromatic heterocycles. The van der Waals surface area contributed by atoms with Gasteiger partial charge in [0, 0.05) is 24.1 Å². The Balaban J connectivity index is 1.74. The molecule has 0 unspecified atom stereocenters. The van der Waals surface area contributed by atoms with E-state index < -0.39 is 0 Å². The van der Waals surface area contributed by atoms with Crippen molar-refractivity contribution in [3.05, 3.63) is 28.2 Å². The predicted octanol–water partition coefficient (Wildman–Crippen LogP) is 4.04. The van der Waals surface area contributed by atoms with Crippen molar-refractivity contribution in [1.82, 2.24) is 4.90 Å². The fourth-order valence-electron chi connectivity index (χ4n) is 2.84. The van der Waals surface area contributed by atoms with Gasteiger partial charge in [-0.2, -0.15) is 0 Å². The maximum atomic E-state index is 11.4. The molecule has 1 aromatic carbocycles. The lowest BCUT2D eigenvalue weighted by atomic mass is 9.97. The van der Waals surface area contributed by atoms with Crippen LogP contribution in [0.1, 0.15) is 25.7 Å². The van der Waals surface area contributed by atoms with Gasteiger partial charge < -0.3 is 9.47 Å². The lowest BCUT2D eigenvalue weighted by molar-refractivity contribution is -0.141. The second kappa shape index (κ2) is 9.36. The third kappa shape index (κ3) is 6.21. The number of methoxy groups -OCH3 is 1. The summed E-state index contributed by atoms with van der Waals surface area (Å²) < 4.78 is 10.5. The summed E-state index contributed by atoms with van der Waals surface area (Å²) >= 11 is 12.0. The first kappa shape index (κ1) is 18.4. The highest BCUT2D eigenvalue weighted by Gasteiger charge is 2.19. The summed E-state index contributed by atoms with van der Waals surface area (Å²) in [5.74, 6) is 0.940. The standard InChI is InChI=1S/C17H23Cl2NO3/c1-22-17(21)11-13-3-2-7-20(8-6-13)9-10-23-16-12-14(18)4-5-15(16)19/h4-5,12-13H,2-3,6-11H2,1H3/t13-/m1/s1. The molecular formula is C17H23Cl2NO3. The zero-order valence-electron chi connectivity index (χ0n) is 13.4. The Kier molecular flexibility index (Phi) is 7.47. The van der Waals surface area contributed by atoms with Crippen LogP contribution in [0.3, 0.4) is 0 Å². The van der Waals surface area contributed by atoms with Crippen LogP contribution in [0.2, 0.25) is 10.0 Å². The number of rotatable bonds is 6. The molecule has 1 atom stereocenters. The number of benzene rings is 1. The molecule has 1 aromatic rings. The topological polar surface area (TPSA) is 38.8 Å². The molecule has 1 aliphatic heterocycles. The van der Waals surface area contributed by atoms with Crippen LogP contribution in [-0.4, -0.2) is 44.2 Å². The minimum absolute atomic E-state index is 0.109. The van der Waals surface area contributed by atoms with Gasteiger partial charge in [-0.1, -0.05) is 23.2 Å². The van der Waals surface area contributed by atoms with E-state index in [1.807, 2.05) is 0 Å². The summed E-state index contributed by atoms with van der Waals surface area (Å²) in [6.45, 7) is 3.42. The van der Waals surface area contributed by atoms with Crippen LogP contribution in [0.5, 0.6) is 5.75 Å². The Morgan fingerprint density at radius 3 is 2.91 bits per heavy atom. The average molecular weight is 360 g/mol. The van der Waals surface area contributed by atoms with Gasteiger partial charge in [-0.3, -0.25) is 9.69 Å². The molecule has 0 amide bonds. The van der Waals surface area contributed by atoms with Crippen LogP contribution < -0.4 is 4.74 Å². The van der Waals surface area contributed by atoms with Gasteiger partial charge >= 0.3 is 5.97 Å². The van der Waals surface area contributed by atoms with Crippen molar-refractivity contribution >= 4 is 29.2 Å². The lowest BCUT2D eigenvalue weighted by Crippen LogP contribution is -2.29. The second-order valence-electron chi connectivity index (χ2n) is 5.84. The zero-order valence-corrected chi connectivity index (χ0v) is 14.9. The Bertz CT molecular complexity index is 525. The van der Waals surface area contributed by atoms with E-state index in [0.717, 1.165) is 38.9 Å². The molecule has 1 heterocycles. The minimum Gasteiger partial charge on any atom is -0.491 e. The van der Waals surface area contributed by atoms with E-state index in [2.05, 4.69) is 4.90 Å². The normalized spacial score (nSPS) is 19.2. The van der Waals surface area contributed by atoms with E-state index in [-0.39, 0.29) is 5.97 Å². The highest BCUT2D eigenvalue weighted by atomic mass is 35.5. The van der Waals surface area contributed by atoms with Crippen LogP contribution >= 0.6 is 23.2 Å². The van der Waals surface area contributed by atoms with Gasteiger partial charge in [0.1, 0.15) is 12.4 Å². The van der Waals surface area contributed by atoms with Gasteiger partial charge in [0.25, 0.3) is 0 Å². The molecule has 1 fully saturated rings. The number of nitrogens with zero attached hydrogens (tertiary/aromatic N) is 1. The molecule has 23 heavy (non-hydrogen) atoms. The van der Waals surface area contributed by atoms with E-state index in [1.54, 1.807) is 18.2 Å². The van der Waals surface area contributed by atoms with Crippen LogP contribution in [0.4, 0.5) is 0 Å². The van der Waals surface area contributed by atoms with Gasteiger partial charge in [0.15, 0.2) is 0 Å². The molecule has 6 heteroatoms. The first-order valence-corrected chi connectivity index (χ1v) is 8.71. The number of hydrogen-bond acceptors (Lipinski definition) is 4. The van der Waals surface area contributed by atoms with Gasteiger partial charge in [-0.15, -0.1) is 0 Å². The summed E-state index contributed by atoms with van der Waals surface area (Å²) in [5.41, 5.74) is 0. The van der Waals surface area contributed by atoms with Crippen molar-refractivity contribution in [2.75, 3.05) is 33.4 Å². The first-order chi connectivity index (χ1) is 11.1. The van der Waals surface area contributed by atoms with Crippen LogP contribution in [0.25, 0.3) is 0 Å². The van der Waals surface area contributed by atoms with Gasteiger partial charge in [-0.25, -0.2) is 0 Å². The summed E-state index contributed by atoms with van der Waals surface area (Å²) in [7, 11) is 1.45. The maximum absolute atomic E-state index is 11.4. The summed E-state index contributed by atoms with van der Waals surface area (Å²) in [5, 5.41) is 1.19. The smallest absolute Gasteiger partial charge is 0.305 e. The monoisotopic (exact) mass is 359 g/mol. The van der Waals surface area contributed by atoms with E-state index in [4.69, 9.17) is 32.7 Å². The molecule has 0 N–H and O–H groups in total. The number of carbonyl (C=O) groups excluding carboxylic acids is 1. The number of likely N-dealkylation sites (tertiary alicyclic amines) is 1. The number of halogens is 2. The average Bonchev–Trinajstić information content (AvgIpc) is 2.76. The van der Waals surface area contributed by atoms with Gasteiger partial charge in [0.05, 0.1) is 12.1 Å². The largest absolute Gasteiger partial charge is 0.491 e. The van der Waals surface area contributed by atoms with E-state index in [9.17, 15) is 4.79 Å². The summed E-state index contributed by atoms with van der Waals surface area (Å²) in [6, 6.07) is 5.22. The first-order valence-electron chi connectivity index (χ1n) is 7.95. The van der Waals surface area contributed by atoms with Crippen LogP contribution in [0, 0.1) is 5.92 Å². The molecular weight excluding hydrogens is 337 g/mol. The van der Waals surface area contributed by atoms with Gasteiger partial charge in [0.2, 0.25) is 0 Å². The Labute approximate surface area is 147 Å². The zero-order chi connectivity index (χ0) is 16.7. The second-order valence-corrected chi connectivity index (χ2v) is 6.69. The third-order valence-electron chi connectivity index (χ3n) is 4.18. The highest BCUT2D eigenvalue weighted by molar-refractivity contribution is 6.34. The van der Waals surface area contributed by atoms with Crippen molar-refractivity contribution in [1.29, 1.82) is 0 Å². The van der Waals surface area contributed by atoms with Crippen LogP contribution in [0.15, 0.2) is 18.2 Å². The van der Waals surface area contributed by atoms with Crippen LogP contribution in [-0.2, 0) is 9.53 Å². The number of hydrogen-bond donors (Lipinski definition) is 0. The molecule has 1 aliphatic rings. The Morgan fingerprint density at radius 2 is 2.13 bits per heavy atom. The van der Waals surface area contributed by atoms with E-state index >= 15 is 0 Å². The molecule has 4 nitrogen and oxygen atoms in total. The lowest BCUT2D eigenvalue weighted by Gasteiger charge is -2.20. The maximum Gasteiger partial charge on any atom is 0.305 e. The van der Waals surface area contributed by atoms with Crippen molar-refractivity contribution < 1.29 is 14.3 Å². The molecule has 0 bridgehead atoms. The molecule has 1 saturated heterocycles. The number of esters is 1. The Morgan fingerprint density at radius 1 is 1.30 bits per heavy atom. The highest BCUT2D eigenvalue weighted by Crippen LogP contribution is 2.27. The molecule has 0 spiro atoms. The predicted molar refractivity (Wildman–Crippen MR) is 92.4 cm³/mol. The van der Waals surface area contributed by atoms with Crippen molar-refractivity contribution in [3.63, 3.8) is 0 Å². The Hall–Kier alpha value is -0.970. The summed E-state index contributed by atoms with van der Waals surface area (Å²) in [4.78, 5) is 13.8. The molecule has 0 radical (unpaired) electrons. The molecule has 0 saturated carbocycles. The quantitative estimate of drug-likeness (QED) is 0.718. The molecule has 0 aliphatic carbocycles. The fourth-order valence-corrected chi connectivity index (χ4v) is 3.18. The minimum atomic E-state index is -0.109. The van der Waals surface area contributed by atoms with E-state index in [0.29, 0.717) is 34.7 Å². The summed E-state index contributed by atoms with van der Waals surface area (Å²) in [6.07, 6.45) is 3.72. The van der Waals surface area contributed by atoms with Crippen molar-refractivity contribution in [2.45, 2.75) is 25.7 Å². The SMILES string of the molecule is COC(=O)C[C@@H]1CCCN(CCOc2cc(Cl)ccc2Cl)CC1.